The molecule has 148 valence electrons. The first-order valence-electron chi connectivity index (χ1n) is 9.15. The summed E-state index contributed by atoms with van der Waals surface area (Å²) in [5.41, 5.74) is 4.32. The Labute approximate surface area is 178 Å². The van der Waals surface area contributed by atoms with Gasteiger partial charge in [-0.15, -0.1) is 6.42 Å². The molecule has 0 saturated carbocycles. The molecule has 0 aromatic heterocycles. The number of carboxylic acids is 1. The van der Waals surface area contributed by atoms with Gasteiger partial charge in [-0.2, -0.15) is 0 Å². The third kappa shape index (κ3) is 3.49. The first-order valence-corrected chi connectivity index (χ1v) is 9.53. The average molecular weight is 418 g/mol. The van der Waals surface area contributed by atoms with Gasteiger partial charge in [-0.3, -0.25) is 5.32 Å². The Hall–Kier alpha value is -3.75. The Kier molecular flexibility index (Phi) is 5.18. The van der Waals surface area contributed by atoms with E-state index < -0.39 is 12.1 Å². The van der Waals surface area contributed by atoms with E-state index in [0.29, 0.717) is 0 Å². The second-order valence-electron chi connectivity index (χ2n) is 6.78. The Morgan fingerprint density at radius 1 is 1.07 bits per heavy atom. The first-order chi connectivity index (χ1) is 14.5. The van der Waals surface area contributed by atoms with Crippen molar-refractivity contribution in [3.8, 4) is 23.5 Å². The van der Waals surface area contributed by atoms with Crippen molar-refractivity contribution < 1.29 is 19.4 Å². The molecule has 0 unspecified atom stereocenters. The van der Waals surface area contributed by atoms with E-state index in [1.807, 2.05) is 48.5 Å². The number of hydrogen-bond acceptors (Lipinski definition) is 3. The Morgan fingerprint density at radius 2 is 1.67 bits per heavy atom. The fourth-order valence-corrected chi connectivity index (χ4v) is 3.98. The molecule has 0 saturated heterocycles. The maximum absolute atomic E-state index is 12.5. The van der Waals surface area contributed by atoms with Gasteiger partial charge >= 0.3 is 12.1 Å². The molecule has 0 bridgehead atoms. The van der Waals surface area contributed by atoms with Crippen LogP contribution in [0.3, 0.4) is 0 Å². The van der Waals surface area contributed by atoms with E-state index >= 15 is 0 Å². The SMILES string of the molecule is C#Cc1cc(Cl)cc(C(=O)O)c1NC(=O)OCC1c2ccccc2-c2ccccc21. The number of amides is 1. The molecule has 1 amide bonds. The highest BCUT2D eigenvalue weighted by Gasteiger charge is 2.29. The van der Waals surface area contributed by atoms with E-state index in [4.69, 9.17) is 22.8 Å². The van der Waals surface area contributed by atoms with E-state index in [2.05, 4.69) is 11.2 Å². The molecule has 2 N–H and O–H groups in total. The van der Waals surface area contributed by atoms with Crippen LogP contribution in [0.4, 0.5) is 10.5 Å². The van der Waals surface area contributed by atoms with Crippen LogP contribution in [0.5, 0.6) is 0 Å². The van der Waals surface area contributed by atoms with Crippen molar-refractivity contribution in [2.45, 2.75) is 5.92 Å². The molecule has 0 atom stereocenters. The zero-order valence-electron chi connectivity index (χ0n) is 15.7. The summed E-state index contributed by atoms with van der Waals surface area (Å²) >= 11 is 5.92. The first kappa shape index (κ1) is 19.6. The minimum atomic E-state index is -1.26. The van der Waals surface area contributed by atoms with Gasteiger partial charge in [0.25, 0.3) is 0 Å². The summed E-state index contributed by atoms with van der Waals surface area (Å²) < 4.78 is 5.46. The van der Waals surface area contributed by atoms with Gasteiger partial charge in [0.1, 0.15) is 6.61 Å². The van der Waals surface area contributed by atoms with Crippen molar-refractivity contribution in [1.29, 1.82) is 0 Å². The Bertz CT molecular complexity index is 1170. The van der Waals surface area contributed by atoms with Crippen LogP contribution >= 0.6 is 11.6 Å². The number of carbonyl (C=O) groups is 2. The molecule has 4 rings (SSSR count). The lowest BCUT2D eigenvalue weighted by molar-refractivity contribution is 0.0698. The van der Waals surface area contributed by atoms with Crippen LogP contribution in [0.25, 0.3) is 11.1 Å². The maximum atomic E-state index is 12.5. The third-order valence-electron chi connectivity index (χ3n) is 5.06. The lowest BCUT2D eigenvalue weighted by Crippen LogP contribution is -2.20. The molecule has 1 aliphatic rings. The van der Waals surface area contributed by atoms with E-state index in [0.717, 1.165) is 22.3 Å². The summed E-state index contributed by atoms with van der Waals surface area (Å²) in [5, 5.41) is 12.1. The highest BCUT2D eigenvalue weighted by molar-refractivity contribution is 6.31. The summed E-state index contributed by atoms with van der Waals surface area (Å²) in [6, 6.07) is 18.6. The summed E-state index contributed by atoms with van der Waals surface area (Å²) in [4.78, 5) is 24.0. The number of hydrogen-bond donors (Lipinski definition) is 2. The van der Waals surface area contributed by atoms with E-state index in [1.54, 1.807) is 0 Å². The second-order valence-corrected chi connectivity index (χ2v) is 7.21. The van der Waals surface area contributed by atoms with Gasteiger partial charge in [0.15, 0.2) is 0 Å². The predicted octanol–water partition coefficient (Wildman–Crippen LogP) is 5.38. The number of ether oxygens (including phenoxy) is 1. The van der Waals surface area contributed by atoms with Crippen molar-refractivity contribution in [2.24, 2.45) is 0 Å². The minimum Gasteiger partial charge on any atom is -0.478 e. The number of anilines is 1. The molecule has 0 fully saturated rings. The molecular formula is C24H16ClNO4. The van der Waals surface area contributed by atoms with Crippen molar-refractivity contribution in [2.75, 3.05) is 11.9 Å². The van der Waals surface area contributed by atoms with E-state index in [-0.39, 0.29) is 34.4 Å². The number of carboxylic acid groups (broad SMARTS) is 1. The summed E-state index contributed by atoms with van der Waals surface area (Å²) in [6.07, 6.45) is 4.66. The van der Waals surface area contributed by atoms with Gasteiger partial charge in [-0.1, -0.05) is 66.1 Å². The van der Waals surface area contributed by atoms with E-state index in [9.17, 15) is 14.7 Å². The molecule has 0 aliphatic heterocycles. The molecule has 3 aromatic rings. The molecule has 0 radical (unpaired) electrons. The summed E-state index contributed by atoms with van der Waals surface area (Å²) in [7, 11) is 0. The Morgan fingerprint density at radius 3 is 2.23 bits per heavy atom. The van der Waals surface area contributed by atoms with Crippen LogP contribution in [-0.2, 0) is 4.74 Å². The topological polar surface area (TPSA) is 75.6 Å². The van der Waals surface area contributed by atoms with Crippen LogP contribution in [0, 0.1) is 12.3 Å². The van der Waals surface area contributed by atoms with Crippen molar-refractivity contribution in [3.05, 3.63) is 87.9 Å². The van der Waals surface area contributed by atoms with Gasteiger partial charge in [0.05, 0.1) is 16.8 Å². The number of carbonyl (C=O) groups excluding carboxylic acids is 1. The number of fused-ring (bicyclic) bond motifs is 3. The van der Waals surface area contributed by atoms with Crippen LogP contribution in [-0.4, -0.2) is 23.8 Å². The molecule has 1 aliphatic carbocycles. The molecule has 0 spiro atoms. The van der Waals surface area contributed by atoms with Crippen molar-refractivity contribution in [3.63, 3.8) is 0 Å². The largest absolute Gasteiger partial charge is 0.478 e. The smallest absolute Gasteiger partial charge is 0.411 e. The number of aromatic carboxylic acids is 1. The van der Waals surface area contributed by atoms with Gasteiger partial charge in [-0.05, 0) is 34.4 Å². The summed E-state index contributed by atoms with van der Waals surface area (Å²) in [6.45, 7) is 0.0985. The van der Waals surface area contributed by atoms with Gasteiger partial charge in [0.2, 0.25) is 0 Å². The fraction of sp³-hybridized carbons (Fsp3) is 0.0833. The second kappa shape index (κ2) is 7.94. The summed E-state index contributed by atoms with van der Waals surface area (Å²) in [5.74, 6) is 0.969. The standard InChI is InChI=1S/C24H16ClNO4/c1-2-14-11-15(25)12-20(23(27)28)22(14)26-24(29)30-13-21-18-9-5-3-7-16(18)17-8-4-6-10-19(17)21/h1,3-12,21H,13H2,(H,26,29)(H,27,28). The number of halogens is 1. The number of benzene rings is 3. The number of terminal acetylenes is 1. The minimum absolute atomic E-state index is 0.0216. The molecular weight excluding hydrogens is 402 g/mol. The third-order valence-corrected chi connectivity index (χ3v) is 5.28. The van der Waals surface area contributed by atoms with Crippen LogP contribution in [0.1, 0.15) is 33.0 Å². The lowest BCUT2D eigenvalue weighted by atomic mass is 9.98. The maximum Gasteiger partial charge on any atom is 0.411 e. The van der Waals surface area contributed by atoms with Crippen LogP contribution in [0.15, 0.2) is 60.7 Å². The Balaban J connectivity index is 1.56. The van der Waals surface area contributed by atoms with Crippen molar-refractivity contribution >= 4 is 29.4 Å². The van der Waals surface area contributed by atoms with E-state index in [1.165, 1.54) is 12.1 Å². The van der Waals surface area contributed by atoms with Gasteiger partial charge in [-0.25, -0.2) is 9.59 Å². The predicted molar refractivity (Wildman–Crippen MR) is 115 cm³/mol. The molecule has 3 aromatic carbocycles. The van der Waals surface area contributed by atoms with Crippen LogP contribution < -0.4 is 5.32 Å². The number of rotatable bonds is 4. The fourth-order valence-electron chi connectivity index (χ4n) is 3.76. The monoisotopic (exact) mass is 417 g/mol. The quantitative estimate of drug-likeness (QED) is 0.559. The highest BCUT2D eigenvalue weighted by Crippen LogP contribution is 2.44. The van der Waals surface area contributed by atoms with Gasteiger partial charge in [0, 0.05) is 10.9 Å². The zero-order chi connectivity index (χ0) is 21.3. The molecule has 6 heteroatoms. The molecule has 0 heterocycles. The average Bonchev–Trinajstić information content (AvgIpc) is 3.07. The lowest BCUT2D eigenvalue weighted by Gasteiger charge is -2.16. The molecule has 5 nitrogen and oxygen atoms in total. The molecule has 30 heavy (non-hydrogen) atoms. The normalized spacial score (nSPS) is 11.9. The van der Waals surface area contributed by atoms with Crippen molar-refractivity contribution in [1.82, 2.24) is 0 Å². The van der Waals surface area contributed by atoms with Crippen LogP contribution in [0.2, 0.25) is 5.02 Å². The zero-order valence-corrected chi connectivity index (χ0v) is 16.4. The highest BCUT2D eigenvalue weighted by atomic mass is 35.5. The van der Waals surface area contributed by atoms with Gasteiger partial charge < -0.3 is 9.84 Å². The number of nitrogens with one attached hydrogen (secondary N) is 1.